The number of ether oxygens (including phenoxy) is 1. The number of nitriles is 1. The highest BCUT2D eigenvalue weighted by atomic mass is 19.3. The van der Waals surface area contributed by atoms with Crippen LogP contribution in [0.1, 0.15) is 42.3 Å². The maximum absolute atomic E-state index is 12.9. The Bertz CT molecular complexity index is 1270. The lowest BCUT2D eigenvalue weighted by Gasteiger charge is -2.25. The predicted octanol–water partition coefficient (Wildman–Crippen LogP) is 4.54. The van der Waals surface area contributed by atoms with Crippen LogP contribution >= 0.6 is 0 Å². The van der Waals surface area contributed by atoms with E-state index in [2.05, 4.69) is 26.3 Å². The van der Waals surface area contributed by atoms with Crippen LogP contribution in [0.5, 0.6) is 5.75 Å². The fourth-order valence-electron chi connectivity index (χ4n) is 3.82. The number of hydrogen-bond acceptors (Lipinski definition) is 5. The first kappa shape index (κ1) is 18.2. The Morgan fingerprint density at radius 3 is 2.97 bits per heavy atom. The van der Waals surface area contributed by atoms with Crippen molar-refractivity contribution in [3.05, 3.63) is 59.7 Å². The summed E-state index contributed by atoms with van der Waals surface area (Å²) in [5.74, 6) is 0.635. The monoisotopic (exact) mass is 406 g/mol. The van der Waals surface area contributed by atoms with Crippen molar-refractivity contribution in [2.24, 2.45) is 0 Å². The largest absolute Gasteiger partial charge is 0.484 e. The van der Waals surface area contributed by atoms with Gasteiger partial charge in [-0.15, -0.1) is 0 Å². The summed E-state index contributed by atoms with van der Waals surface area (Å²) in [4.78, 5) is 4.46. The van der Waals surface area contributed by atoms with Crippen LogP contribution in [0.25, 0.3) is 22.2 Å². The number of hydrogen-bond donors (Lipinski definition) is 1. The van der Waals surface area contributed by atoms with E-state index >= 15 is 0 Å². The number of aromatic amines is 1. The molecule has 7 nitrogen and oxygen atoms in total. The fourth-order valence-corrected chi connectivity index (χ4v) is 3.82. The van der Waals surface area contributed by atoms with E-state index in [4.69, 9.17) is 10.00 Å². The van der Waals surface area contributed by atoms with Crippen LogP contribution in [0.4, 0.5) is 8.78 Å². The average molecular weight is 406 g/mol. The van der Waals surface area contributed by atoms with Crippen LogP contribution in [0.15, 0.2) is 42.9 Å². The molecule has 4 aromatic rings. The zero-order valence-corrected chi connectivity index (χ0v) is 15.7. The summed E-state index contributed by atoms with van der Waals surface area (Å²) < 4.78 is 32.5. The van der Waals surface area contributed by atoms with Gasteiger partial charge in [0.2, 0.25) is 0 Å². The molecule has 3 aromatic heterocycles. The van der Waals surface area contributed by atoms with Gasteiger partial charge in [0.05, 0.1) is 23.0 Å². The molecule has 0 saturated carbocycles. The molecule has 0 amide bonds. The van der Waals surface area contributed by atoms with E-state index in [-0.39, 0.29) is 6.10 Å². The second-order valence-electron chi connectivity index (χ2n) is 7.15. The van der Waals surface area contributed by atoms with Gasteiger partial charge in [0.25, 0.3) is 0 Å². The van der Waals surface area contributed by atoms with Crippen molar-refractivity contribution in [2.45, 2.75) is 31.9 Å². The lowest BCUT2D eigenvalue weighted by Crippen LogP contribution is -2.17. The minimum atomic E-state index is -2.71. The summed E-state index contributed by atoms with van der Waals surface area (Å²) >= 11 is 0. The van der Waals surface area contributed by atoms with Gasteiger partial charge in [0.1, 0.15) is 23.6 Å². The van der Waals surface area contributed by atoms with Crippen LogP contribution in [-0.2, 0) is 6.42 Å². The third-order valence-electron chi connectivity index (χ3n) is 5.24. The number of halogens is 2. The fraction of sp³-hybridized carbons (Fsp3) is 0.238. The minimum absolute atomic E-state index is 0.212. The molecule has 1 aliphatic rings. The van der Waals surface area contributed by atoms with Crippen molar-refractivity contribution in [3.63, 3.8) is 0 Å². The Morgan fingerprint density at radius 1 is 1.27 bits per heavy atom. The zero-order chi connectivity index (χ0) is 20.7. The molecule has 0 saturated heterocycles. The van der Waals surface area contributed by atoms with Crippen LogP contribution in [0.2, 0.25) is 0 Å². The van der Waals surface area contributed by atoms with Crippen molar-refractivity contribution in [1.82, 2.24) is 25.0 Å². The summed E-state index contributed by atoms with van der Waals surface area (Å²) in [6.07, 6.45) is 6.63. The van der Waals surface area contributed by atoms with Crippen molar-refractivity contribution in [3.8, 4) is 23.1 Å². The van der Waals surface area contributed by atoms with E-state index in [1.54, 1.807) is 6.20 Å². The third kappa shape index (κ3) is 3.16. The first-order valence-corrected chi connectivity index (χ1v) is 9.49. The highest BCUT2D eigenvalue weighted by Gasteiger charge is 2.24. The second kappa shape index (κ2) is 7.22. The van der Waals surface area contributed by atoms with Crippen molar-refractivity contribution in [1.29, 1.82) is 5.26 Å². The Balaban J connectivity index is 1.47. The molecule has 0 radical (unpaired) electrons. The maximum Gasteiger partial charge on any atom is 0.333 e. The van der Waals surface area contributed by atoms with E-state index in [1.165, 1.54) is 12.4 Å². The molecule has 0 aliphatic heterocycles. The smallest absolute Gasteiger partial charge is 0.333 e. The van der Waals surface area contributed by atoms with Gasteiger partial charge in [0.15, 0.2) is 0 Å². The third-order valence-corrected chi connectivity index (χ3v) is 5.24. The molecule has 1 atom stereocenters. The van der Waals surface area contributed by atoms with Crippen molar-refractivity contribution < 1.29 is 13.5 Å². The highest BCUT2D eigenvalue weighted by molar-refractivity contribution is 5.93. The van der Waals surface area contributed by atoms with Gasteiger partial charge in [-0.1, -0.05) is 0 Å². The molecule has 1 N–H and O–H groups in total. The van der Waals surface area contributed by atoms with Crippen LogP contribution in [0.3, 0.4) is 0 Å². The number of nitrogens with one attached hydrogen (secondary N) is 1. The molecule has 30 heavy (non-hydrogen) atoms. The number of benzene rings is 1. The number of rotatable bonds is 4. The molecule has 5 rings (SSSR count). The van der Waals surface area contributed by atoms with Gasteiger partial charge >= 0.3 is 6.55 Å². The summed E-state index contributed by atoms with van der Waals surface area (Å²) in [6, 6.07) is 9.51. The molecule has 150 valence electrons. The molecular weight excluding hydrogens is 390 g/mol. The average Bonchev–Trinajstić information content (AvgIpc) is 3.40. The van der Waals surface area contributed by atoms with Gasteiger partial charge in [-0.25, -0.2) is 4.68 Å². The molecule has 3 heterocycles. The Morgan fingerprint density at radius 2 is 2.17 bits per heavy atom. The van der Waals surface area contributed by atoms with E-state index < -0.39 is 6.55 Å². The van der Waals surface area contributed by atoms with Crippen LogP contribution in [0, 0.1) is 11.3 Å². The van der Waals surface area contributed by atoms with E-state index in [0.717, 1.165) is 41.4 Å². The summed E-state index contributed by atoms with van der Waals surface area (Å²) in [6.45, 7) is -2.71. The van der Waals surface area contributed by atoms with Crippen molar-refractivity contribution in [2.75, 3.05) is 0 Å². The summed E-state index contributed by atoms with van der Waals surface area (Å²) in [7, 11) is 0. The van der Waals surface area contributed by atoms with E-state index in [9.17, 15) is 8.78 Å². The van der Waals surface area contributed by atoms with Crippen LogP contribution in [-0.4, -0.2) is 25.0 Å². The first-order valence-electron chi connectivity index (χ1n) is 9.49. The molecule has 1 aromatic carbocycles. The molecule has 1 unspecified atom stereocenters. The van der Waals surface area contributed by atoms with Gasteiger partial charge in [0, 0.05) is 23.3 Å². The number of aryl methyl sites for hydroxylation is 1. The van der Waals surface area contributed by atoms with Gasteiger partial charge < -0.3 is 4.74 Å². The second-order valence-corrected chi connectivity index (χ2v) is 7.15. The molecule has 0 fully saturated rings. The Hall–Kier alpha value is -3.80. The highest BCUT2D eigenvalue weighted by Crippen LogP contribution is 2.35. The van der Waals surface area contributed by atoms with E-state index in [1.807, 2.05) is 24.3 Å². The normalized spacial score (nSPS) is 15.9. The van der Waals surface area contributed by atoms with Gasteiger partial charge in [-0.3, -0.25) is 10.1 Å². The number of H-pyrrole nitrogens is 1. The Labute approximate surface area is 169 Å². The summed E-state index contributed by atoms with van der Waals surface area (Å²) in [5, 5.41) is 20.7. The van der Waals surface area contributed by atoms with Gasteiger partial charge in [-0.05, 0) is 49.1 Å². The zero-order valence-electron chi connectivity index (χ0n) is 15.7. The van der Waals surface area contributed by atoms with Crippen LogP contribution < -0.4 is 4.74 Å². The van der Waals surface area contributed by atoms with Gasteiger partial charge in [-0.2, -0.15) is 24.2 Å². The standard InChI is InChI=1S/C21H16F2N6O/c22-21(23)29-11-14(10-26-29)19-16-7-15(4-5-17(16)27-28-19)30-18-3-1-2-13-6-12(8-24)9-25-20(13)18/h4-7,9-11,18,21H,1-3H2,(H,27,28). The lowest BCUT2D eigenvalue weighted by molar-refractivity contribution is 0.0566. The maximum atomic E-state index is 12.9. The topological polar surface area (TPSA) is 92.4 Å². The quantitative estimate of drug-likeness (QED) is 0.537. The van der Waals surface area contributed by atoms with Crippen molar-refractivity contribution >= 4 is 10.9 Å². The van der Waals surface area contributed by atoms with E-state index in [0.29, 0.717) is 27.3 Å². The Kier molecular flexibility index (Phi) is 4.39. The minimum Gasteiger partial charge on any atom is -0.484 e. The first-order chi connectivity index (χ1) is 14.6. The molecular formula is C21H16F2N6O. The molecule has 0 spiro atoms. The molecule has 0 bridgehead atoms. The molecule has 9 heteroatoms. The number of pyridine rings is 1. The summed E-state index contributed by atoms with van der Waals surface area (Å²) in [5.41, 5.74) is 4.22. The molecule has 1 aliphatic carbocycles. The SMILES string of the molecule is N#Cc1cnc2c(c1)CCCC2Oc1ccc2[nH]nc(-c3cnn(C(F)F)c3)c2c1. The number of fused-ring (bicyclic) bond motifs is 2. The predicted molar refractivity (Wildman–Crippen MR) is 104 cm³/mol. The lowest BCUT2D eigenvalue weighted by atomic mass is 9.93. The number of nitrogens with zero attached hydrogens (tertiary/aromatic N) is 5. The number of alkyl halides is 2. The number of aromatic nitrogens is 5.